The number of carbonyl (C=O) groups is 2. The molecule has 1 saturated carbocycles. The first-order valence-corrected chi connectivity index (χ1v) is 6.06. The lowest BCUT2D eigenvalue weighted by atomic mass is 10.1. The monoisotopic (exact) mass is 248 g/mol. The highest BCUT2D eigenvalue weighted by Gasteiger charge is 2.45. The van der Waals surface area contributed by atoms with Crippen molar-refractivity contribution in [3.05, 3.63) is 29.8 Å². The number of benzene rings is 1. The van der Waals surface area contributed by atoms with Crippen molar-refractivity contribution in [1.82, 2.24) is 0 Å². The zero-order valence-corrected chi connectivity index (χ0v) is 10.5. The minimum Gasteiger partial charge on any atom is -0.466 e. The second kappa shape index (κ2) is 5.21. The summed E-state index contributed by atoms with van der Waals surface area (Å²) in [6.07, 6.45) is 0.839. The quantitative estimate of drug-likeness (QED) is 0.606. The Kier molecular flexibility index (Phi) is 3.65. The first-order valence-electron chi connectivity index (χ1n) is 6.06. The van der Waals surface area contributed by atoms with E-state index in [1.807, 2.05) is 19.1 Å². The lowest BCUT2D eigenvalue weighted by molar-refractivity contribution is -0.144. The molecule has 0 N–H and O–H groups in total. The standard InChI is InChI=1S/C14H16O4/c1-3-17-14(16)13-8-12(13)10-4-6-11(7-5-10)18-9(2)15/h4-7,12-13H,3,8H2,1-2H3/t12-,13+/m1/s1. The van der Waals surface area contributed by atoms with Gasteiger partial charge in [-0.1, -0.05) is 12.1 Å². The van der Waals surface area contributed by atoms with Gasteiger partial charge in [-0.25, -0.2) is 0 Å². The van der Waals surface area contributed by atoms with Crippen molar-refractivity contribution < 1.29 is 19.1 Å². The number of ether oxygens (including phenoxy) is 2. The Morgan fingerprint density at radius 1 is 1.28 bits per heavy atom. The summed E-state index contributed by atoms with van der Waals surface area (Å²) < 4.78 is 9.94. The van der Waals surface area contributed by atoms with E-state index in [1.165, 1.54) is 6.92 Å². The van der Waals surface area contributed by atoms with E-state index in [0.717, 1.165) is 12.0 Å². The van der Waals surface area contributed by atoms with Crippen LogP contribution in [0.3, 0.4) is 0 Å². The predicted octanol–water partition coefficient (Wildman–Crippen LogP) is 2.28. The third-order valence-electron chi connectivity index (χ3n) is 2.95. The van der Waals surface area contributed by atoms with Gasteiger partial charge in [0.2, 0.25) is 0 Å². The van der Waals surface area contributed by atoms with Gasteiger partial charge in [-0.2, -0.15) is 0 Å². The molecule has 1 aliphatic rings. The molecule has 1 aliphatic carbocycles. The third-order valence-corrected chi connectivity index (χ3v) is 2.95. The molecule has 0 aliphatic heterocycles. The average molecular weight is 248 g/mol. The largest absolute Gasteiger partial charge is 0.466 e. The summed E-state index contributed by atoms with van der Waals surface area (Å²) in [7, 11) is 0. The summed E-state index contributed by atoms with van der Waals surface area (Å²) in [6.45, 7) is 3.60. The highest BCUT2D eigenvalue weighted by Crippen LogP contribution is 2.48. The zero-order chi connectivity index (χ0) is 13.1. The maximum atomic E-state index is 11.5. The summed E-state index contributed by atoms with van der Waals surface area (Å²) in [5.74, 6) is 0.310. The van der Waals surface area contributed by atoms with E-state index in [1.54, 1.807) is 12.1 Å². The lowest BCUT2D eigenvalue weighted by Gasteiger charge is -2.04. The van der Waals surface area contributed by atoms with Crippen LogP contribution in [-0.4, -0.2) is 18.5 Å². The van der Waals surface area contributed by atoms with Gasteiger partial charge < -0.3 is 9.47 Å². The maximum Gasteiger partial charge on any atom is 0.309 e. The van der Waals surface area contributed by atoms with Crippen molar-refractivity contribution in [2.75, 3.05) is 6.61 Å². The molecule has 18 heavy (non-hydrogen) atoms. The van der Waals surface area contributed by atoms with Crippen LogP contribution in [0.25, 0.3) is 0 Å². The zero-order valence-electron chi connectivity index (χ0n) is 10.5. The van der Waals surface area contributed by atoms with E-state index >= 15 is 0 Å². The van der Waals surface area contributed by atoms with E-state index in [9.17, 15) is 9.59 Å². The maximum absolute atomic E-state index is 11.5. The third kappa shape index (κ3) is 2.88. The second-order valence-corrected chi connectivity index (χ2v) is 4.36. The lowest BCUT2D eigenvalue weighted by Crippen LogP contribution is -2.07. The van der Waals surface area contributed by atoms with E-state index in [4.69, 9.17) is 9.47 Å². The molecule has 2 rings (SSSR count). The van der Waals surface area contributed by atoms with E-state index < -0.39 is 0 Å². The molecule has 0 unspecified atom stereocenters. The summed E-state index contributed by atoms with van der Waals surface area (Å²) in [5.41, 5.74) is 1.09. The topological polar surface area (TPSA) is 52.6 Å². The first kappa shape index (κ1) is 12.6. The van der Waals surface area contributed by atoms with Crippen molar-refractivity contribution in [1.29, 1.82) is 0 Å². The van der Waals surface area contributed by atoms with Crippen molar-refractivity contribution in [2.24, 2.45) is 5.92 Å². The molecule has 4 heteroatoms. The van der Waals surface area contributed by atoms with Crippen LogP contribution in [0.1, 0.15) is 31.7 Å². The van der Waals surface area contributed by atoms with Crippen LogP contribution in [0.15, 0.2) is 24.3 Å². The van der Waals surface area contributed by atoms with E-state index in [0.29, 0.717) is 12.4 Å². The van der Waals surface area contributed by atoms with Gasteiger partial charge in [0.05, 0.1) is 12.5 Å². The molecule has 1 aromatic rings. The SMILES string of the molecule is CCOC(=O)[C@H]1C[C@@H]1c1ccc(OC(C)=O)cc1. The Bertz CT molecular complexity index is 449. The molecule has 2 atom stereocenters. The molecule has 1 fully saturated rings. The fourth-order valence-corrected chi connectivity index (χ4v) is 2.02. The molecule has 0 aromatic heterocycles. The summed E-state index contributed by atoms with van der Waals surface area (Å²) >= 11 is 0. The van der Waals surface area contributed by atoms with Crippen molar-refractivity contribution >= 4 is 11.9 Å². The fraction of sp³-hybridized carbons (Fsp3) is 0.429. The Labute approximate surface area is 106 Å². The normalized spacial score (nSPS) is 21.2. The van der Waals surface area contributed by atoms with E-state index in [2.05, 4.69) is 0 Å². The highest BCUT2D eigenvalue weighted by molar-refractivity contribution is 5.77. The van der Waals surface area contributed by atoms with Gasteiger partial charge >= 0.3 is 11.9 Å². The van der Waals surface area contributed by atoms with Crippen molar-refractivity contribution in [3.63, 3.8) is 0 Å². The van der Waals surface area contributed by atoms with Gasteiger partial charge in [0.25, 0.3) is 0 Å². The van der Waals surface area contributed by atoms with Gasteiger partial charge in [0.1, 0.15) is 5.75 Å². The van der Waals surface area contributed by atoms with Crippen LogP contribution >= 0.6 is 0 Å². The van der Waals surface area contributed by atoms with Crippen LogP contribution < -0.4 is 4.74 Å². The first-order chi connectivity index (χ1) is 8.61. The minimum atomic E-state index is -0.335. The van der Waals surface area contributed by atoms with Crippen LogP contribution in [0.4, 0.5) is 0 Å². The van der Waals surface area contributed by atoms with Gasteiger partial charge in [-0.3, -0.25) is 9.59 Å². The number of carbonyl (C=O) groups excluding carboxylic acids is 2. The highest BCUT2D eigenvalue weighted by atomic mass is 16.5. The molecule has 0 heterocycles. The number of hydrogen-bond donors (Lipinski definition) is 0. The molecule has 4 nitrogen and oxygen atoms in total. The molecular weight excluding hydrogens is 232 g/mol. The number of hydrogen-bond acceptors (Lipinski definition) is 4. The van der Waals surface area contributed by atoms with Crippen LogP contribution in [0.2, 0.25) is 0 Å². The molecular formula is C14H16O4. The molecule has 0 bridgehead atoms. The minimum absolute atomic E-state index is 0.00970. The van der Waals surface area contributed by atoms with Crippen LogP contribution in [0.5, 0.6) is 5.75 Å². The van der Waals surface area contributed by atoms with Crippen molar-refractivity contribution in [3.8, 4) is 5.75 Å². The number of rotatable bonds is 4. The molecule has 0 saturated heterocycles. The summed E-state index contributed by atoms with van der Waals surface area (Å²) in [6, 6.07) is 7.28. The second-order valence-electron chi connectivity index (χ2n) is 4.36. The Morgan fingerprint density at radius 2 is 1.94 bits per heavy atom. The van der Waals surface area contributed by atoms with Crippen LogP contribution in [-0.2, 0) is 14.3 Å². The Balaban J connectivity index is 1.96. The van der Waals surface area contributed by atoms with E-state index in [-0.39, 0.29) is 23.8 Å². The fourth-order valence-electron chi connectivity index (χ4n) is 2.02. The molecule has 96 valence electrons. The summed E-state index contributed by atoms with van der Waals surface area (Å²) in [5, 5.41) is 0. The average Bonchev–Trinajstić information content (AvgIpc) is 3.09. The predicted molar refractivity (Wildman–Crippen MR) is 65.2 cm³/mol. The summed E-state index contributed by atoms with van der Waals surface area (Å²) in [4.78, 5) is 22.3. The van der Waals surface area contributed by atoms with Crippen LogP contribution in [0, 0.1) is 5.92 Å². The Morgan fingerprint density at radius 3 is 2.50 bits per heavy atom. The van der Waals surface area contributed by atoms with Gasteiger partial charge in [0.15, 0.2) is 0 Å². The van der Waals surface area contributed by atoms with Gasteiger partial charge in [0, 0.05) is 6.92 Å². The molecule has 0 radical (unpaired) electrons. The molecule has 0 spiro atoms. The molecule has 0 amide bonds. The molecule has 1 aromatic carbocycles. The Hall–Kier alpha value is -1.84. The van der Waals surface area contributed by atoms with Gasteiger partial charge in [-0.05, 0) is 37.0 Å². The smallest absolute Gasteiger partial charge is 0.309 e. The van der Waals surface area contributed by atoms with Gasteiger partial charge in [-0.15, -0.1) is 0 Å². The van der Waals surface area contributed by atoms with Crippen molar-refractivity contribution in [2.45, 2.75) is 26.2 Å². The number of esters is 2.